The van der Waals surface area contributed by atoms with Crippen LogP contribution in [0.25, 0.3) is 0 Å². The molecule has 5 heteroatoms. The molecule has 0 radical (unpaired) electrons. The number of aryl methyl sites for hydroxylation is 2. The van der Waals surface area contributed by atoms with Gasteiger partial charge < -0.3 is 10.5 Å². The van der Waals surface area contributed by atoms with Gasteiger partial charge in [-0.2, -0.15) is 0 Å². The lowest BCUT2D eigenvalue weighted by molar-refractivity contribution is 0.180. The summed E-state index contributed by atoms with van der Waals surface area (Å²) in [5.74, 6) is 0.576. The summed E-state index contributed by atoms with van der Waals surface area (Å²) >= 11 is 5.10. The van der Waals surface area contributed by atoms with Crippen molar-refractivity contribution in [1.82, 2.24) is 9.88 Å². The van der Waals surface area contributed by atoms with Crippen LogP contribution in [0.5, 0.6) is 5.88 Å². The minimum atomic E-state index is 0.350. The molecule has 1 fully saturated rings. The summed E-state index contributed by atoms with van der Waals surface area (Å²) in [6.07, 6.45) is 3.93. The zero-order valence-corrected chi connectivity index (χ0v) is 13.1. The van der Waals surface area contributed by atoms with E-state index in [-0.39, 0.29) is 0 Å². The predicted octanol–water partition coefficient (Wildman–Crippen LogP) is 2.20. The van der Waals surface area contributed by atoms with Gasteiger partial charge >= 0.3 is 0 Å². The van der Waals surface area contributed by atoms with Crippen LogP contribution in [0.3, 0.4) is 0 Å². The van der Waals surface area contributed by atoms with E-state index in [4.69, 9.17) is 22.7 Å². The molecule has 1 aliphatic rings. The summed E-state index contributed by atoms with van der Waals surface area (Å²) in [5.41, 5.74) is 8.50. The van der Waals surface area contributed by atoms with Crippen molar-refractivity contribution >= 4 is 17.2 Å². The fraction of sp³-hybridized carbons (Fsp3) is 0.600. The standard InChI is InChI=1S/C15H23N3OS/c1-11-10-12(2)17-15(13(11)14(16)20)19-9-8-18-6-4-3-5-7-18/h10H,3-9H2,1-2H3,(H2,16,20). The number of thiocarbonyl (C=S) groups is 1. The Morgan fingerprint density at radius 2 is 2.05 bits per heavy atom. The van der Waals surface area contributed by atoms with Crippen molar-refractivity contribution in [2.24, 2.45) is 5.73 Å². The SMILES string of the molecule is Cc1cc(C)c(C(N)=S)c(OCCN2CCCCC2)n1. The van der Waals surface area contributed by atoms with Crippen LogP contribution in [0.1, 0.15) is 36.1 Å². The zero-order chi connectivity index (χ0) is 14.5. The molecule has 0 aromatic carbocycles. The number of nitrogens with two attached hydrogens (primary N) is 1. The van der Waals surface area contributed by atoms with Gasteiger partial charge in [0.1, 0.15) is 11.6 Å². The second-order valence-corrected chi connectivity index (χ2v) is 5.82. The zero-order valence-electron chi connectivity index (χ0n) is 12.3. The Bertz CT molecular complexity index is 484. The highest BCUT2D eigenvalue weighted by Crippen LogP contribution is 2.21. The maximum Gasteiger partial charge on any atom is 0.224 e. The number of hydrogen-bond donors (Lipinski definition) is 1. The smallest absolute Gasteiger partial charge is 0.224 e. The van der Waals surface area contributed by atoms with Gasteiger partial charge in [0.25, 0.3) is 0 Å². The van der Waals surface area contributed by atoms with Gasteiger partial charge in [0, 0.05) is 12.2 Å². The Kier molecular flexibility index (Phi) is 5.31. The molecule has 110 valence electrons. The van der Waals surface area contributed by atoms with Gasteiger partial charge in [-0.05, 0) is 51.4 Å². The summed E-state index contributed by atoms with van der Waals surface area (Å²) < 4.78 is 5.84. The second-order valence-electron chi connectivity index (χ2n) is 5.38. The van der Waals surface area contributed by atoms with Crippen LogP contribution in [-0.4, -0.2) is 41.1 Å². The van der Waals surface area contributed by atoms with E-state index in [0.29, 0.717) is 17.5 Å². The molecule has 0 saturated carbocycles. The molecule has 0 aliphatic carbocycles. The van der Waals surface area contributed by atoms with Gasteiger partial charge in [-0.1, -0.05) is 18.6 Å². The van der Waals surface area contributed by atoms with E-state index in [1.165, 1.54) is 32.4 Å². The molecule has 0 amide bonds. The van der Waals surface area contributed by atoms with Gasteiger partial charge in [-0.15, -0.1) is 0 Å². The first-order valence-electron chi connectivity index (χ1n) is 7.21. The minimum Gasteiger partial charge on any atom is -0.476 e. The molecule has 1 saturated heterocycles. The summed E-state index contributed by atoms with van der Waals surface area (Å²) in [6.45, 7) is 7.85. The maximum atomic E-state index is 5.84. The molecule has 1 aromatic rings. The van der Waals surface area contributed by atoms with Crippen LogP contribution in [0.2, 0.25) is 0 Å². The number of pyridine rings is 1. The van der Waals surface area contributed by atoms with Gasteiger partial charge in [0.05, 0.1) is 5.56 Å². The molecule has 1 aliphatic heterocycles. The molecule has 2 N–H and O–H groups in total. The average molecular weight is 293 g/mol. The van der Waals surface area contributed by atoms with Crippen molar-refractivity contribution in [3.8, 4) is 5.88 Å². The number of piperidine rings is 1. The van der Waals surface area contributed by atoms with E-state index >= 15 is 0 Å². The molecule has 0 atom stereocenters. The van der Waals surface area contributed by atoms with Crippen molar-refractivity contribution in [2.75, 3.05) is 26.2 Å². The van der Waals surface area contributed by atoms with E-state index in [1.54, 1.807) is 0 Å². The average Bonchev–Trinajstić information content (AvgIpc) is 2.38. The summed E-state index contributed by atoms with van der Waals surface area (Å²) in [4.78, 5) is 7.22. The molecule has 0 bridgehead atoms. The fourth-order valence-corrected chi connectivity index (χ4v) is 2.91. The van der Waals surface area contributed by atoms with E-state index in [2.05, 4.69) is 9.88 Å². The van der Waals surface area contributed by atoms with E-state index in [9.17, 15) is 0 Å². The highest BCUT2D eigenvalue weighted by molar-refractivity contribution is 7.80. The van der Waals surface area contributed by atoms with Gasteiger partial charge in [-0.25, -0.2) is 4.98 Å². The van der Waals surface area contributed by atoms with E-state index < -0.39 is 0 Å². The topological polar surface area (TPSA) is 51.4 Å². The van der Waals surface area contributed by atoms with Crippen molar-refractivity contribution in [3.63, 3.8) is 0 Å². The minimum absolute atomic E-state index is 0.350. The van der Waals surface area contributed by atoms with Gasteiger partial charge in [0.2, 0.25) is 5.88 Å². The van der Waals surface area contributed by atoms with Crippen LogP contribution >= 0.6 is 12.2 Å². The molecule has 1 aromatic heterocycles. The van der Waals surface area contributed by atoms with Gasteiger partial charge in [-0.3, -0.25) is 4.90 Å². The quantitative estimate of drug-likeness (QED) is 0.844. The van der Waals surface area contributed by atoms with Gasteiger partial charge in [0.15, 0.2) is 0 Å². The third-order valence-electron chi connectivity index (χ3n) is 3.65. The first-order chi connectivity index (χ1) is 9.58. The molecule has 0 unspecified atom stereocenters. The fourth-order valence-electron chi connectivity index (χ4n) is 2.66. The lowest BCUT2D eigenvalue weighted by Gasteiger charge is -2.26. The Hall–Kier alpha value is -1.20. The Labute approximate surface area is 126 Å². The van der Waals surface area contributed by atoms with Crippen molar-refractivity contribution in [1.29, 1.82) is 0 Å². The monoisotopic (exact) mass is 293 g/mol. The van der Waals surface area contributed by atoms with E-state index in [1.807, 2.05) is 19.9 Å². The lowest BCUT2D eigenvalue weighted by atomic mass is 10.1. The van der Waals surface area contributed by atoms with Crippen LogP contribution in [-0.2, 0) is 0 Å². The number of aromatic nitrogens is 1. The Balaban J connectivity index is 1.99. The summed E-state index contributed by atoms with van der Waals surface area (Å²) in [6, 6.07) is 1.98. The molecular formula is C15H23N3OS. The number of likely N-dealkylation sites (tertiary alicyclic amines) is 1. The van der Waals surface area contributed by atoms with E-state index in [0.717, 1.165) is 23.4 Å². The first kappa shape index (κ1) is 15.2. The lowest BCUT2D eigenvalue weighted by Crippen LogP contribution is -2.33. The van der Waals surface area contributed by atoms with Crippen molar-refractivity contribution in [3.05, 3.63) is 22.9 Å². The number of nitrogens with zero attached hydrogens (tertiary/aromatic N) is 2. The molecule has 2 rings (SSSR count). The Morgan fingerprint density at radius 3 is 2.70 bits per heavy atom. The second kappa shape index (κ2) is 6.99. The molecule has 0 spiro atoms. The largest absolute Gasteiger partial charge is 0.476 e. The third kappa shape index (κ3) is 3.90. The normalized spacial score (nSPS) is 16.1. The molecule has 4 nitrogen and oxygen atoms in total. The van der Waals surface area contributed by atoms with Crippen molar-refractivity contribution < 1.29 is 4.74 Å². The number of rotatable bonds is 5. The van der Waals surface area contributed by atoms with Crippen LogP contribution in [0.4, 0.5) is 0 Å². The number of hydrogen-bond acceptors (Lipinski definition) is 4. The summed E-state index contributed by atoms with van der Waals surface area (Å²) in [5, 5.41) is 0. The number of ether oxygens (including phenoxy) is 1. The Morgan fingerprint density at radius 1 is 1.35 bits per heavy atom. The molecular weight excluding hydrogens is 270 g/mol. The summed E-state index contributed by atoms with van der Waals surface area (Å²) in [7, 11) is 0. The predicted molar refractivity (Wildman–Crippen MR) is 85.4 cm³/mol. The van der Waals surface area contributed by atoms with Crippen LogP contribution in [0, 0.1) is 13.8 Å². The molecule has 20 heavy (non-hydrogen) atoms. The van der Waals surface area contributed by atoms with Crippen molar-refractivity contribution in [2.45, 2.75) is 33.1 Å². The highest BCUT2D eigenvalue weighted by Gasteiger charge is 2.14. The molecule has 2 heterocycles. The van der Waals surface area contributed by atoms with Crippen LogP contribution in [0.15, 0.2) is 6.07 Å². The maximum absolute atomic E-state index is 5.84. The highest BCUT2D eigenvalue weighted by atomic mass is 32.1. The van der Waals surface area contributed by atoms with Crippen LogP contribution < -0.4 is 10.5 Å². The third-order valence-corrected chi connectivity index (χ3v) is 3.86. The first-order valence-corrected chi connectivity index (χ1v) is 7.62.